The first-order chi connectivity index (χ1) is 37.7. The molecule has 0 aliphatic heterocycles. The maximum absolute atomic E-state index is 12.4. The van der Waals surface area contributed by atoms with Gasteiger partial charge in [-0.15, -0.1) is 0 Å². The lowest BCUT2D eigenvalue weighted by molar-refractivity contribution is 0.101. The molecule has 6 aromatic carbocycles. The van der Waals surface area contributed by atoms with Crippen molar-refractivity contribution in [3.63, 3.8) is 0 Å². The van der Waals surface area contributed by atoms with Crippen molar-refractivity contribution >= 4 is 70.7 Å². The molecule has 0 spiro atoms. The van der Waals surface area contributed by atoms with Crippen molar-refractivity contribution in [2.75, 3.05) is 39.0 Å². The van der Waals surface area contributed by atoms with Gasteiger partial charge < -0.3 is 20.7 Å². The van der Waals surface area contributed by atoms with Crippen molar-refractivity contribution in [3.05, 3.63) is 244 Å². The van der Waals surface area contributed by atoms with Crippen LogP contribution in [0.5, 0.6) is 5.88 Å². The quantitative estimate of drug-likeness (QED) is 0.0629. The summed E-state index contributed by atoms with van der Waals surface area (Å²) in [5, 5.41) is 16.0. The van der Waals surface area contributed by atoms with Crippen LogP contribution in [-0.4, -0.2) is 72.5 Å². The number of aromatic nitrogens is 6. The Morgan fingerprint density at radius 1 is 0.308 bits per heavy atom. The van der Waals surface area contributed by atoms with Crippen molar-refractivity contribution < 1.29 is 33.5 Å². The van der Waals surface area contributed by atoms with Crippen molar-refractivity contribution in [1.29, 1.82) is 0 Å². The van der Waals surface area contributed by atoms with E-state index in [0.717, 1.165) is 11.1 Å². The minimum absolute atomic E-state index is 0.0292. The molecule has 0 unspecified atom stereocenters. The van der Waals surface area contributed by atoms with Crippen LogP contribution in [0.1, 0.15) is 84.7 Å². The molecule has 9 rings (SSSR count). The molecule has 6 amide bonds. The van der Waals surface area contributed by atoms with E-state index in [1.807, 2.05) is 62.4 Å². The van der Waals surface area contributed by atoms with Crippen molar-refractivity contribution in [2.24, 2.45) is 0 Å². The molecule has 0 atom stereocenters. The van der Waals surface area contributed by atoms with Crippen LogP contribution in [0.3, 0.4) is 0 Å². The number of amides is 6. The molecule has 3 aromatic heterocycles. The molecule has 0 bridgehead atoms. The summed E-state index contributed by atoms with van der Waals surface area (Å²) in [6, 6.07) is 54.3. The molecule has 78 heavy (non-hydrogen) atoms. The molecule has 390 valence electrons. The lowest BCUT2D eigenvalue weighted by Gasteiger charge is -2.09. The highest BCUT2D eigenvalue weighted by Crippen LogP contribution is 2.19. The Kier molecular flexibility index (Phi) is 19.0. The Balaban J connectivity index is 0.000000170. The van der Waals surface area contributed by atoms with E-state index in [1.54, 1.807) is 147 Å². The Hall–Kier alpha value is -10.8. The van der Waals surface area contributed by atoms with Gasteiger partial charge in [0.2, 0.25) is 23.7 Å². The maximum atomic E-state index is 12.4. The molecule has 0 radical (unpaired) electrons. The van der Waals surface area contributed by atoms with Crippen LogP contribution < -0.4 is 36.6 Å². The largest absolute Gasteiger partial charge is 0.481 e. The Morgan fingerprint density at radius 2 is 0.590 bits per heavy atom. The van der Waals surface area contributed by atoms with Gasteiger partial charge in [0.25, 0.3) is 35.4 Å². The zero-order valence-electron chi connectivity index (χ0n) is 42.9. The molecular weight excluding hydrogens is 989 g/mol. The summed E-state index contributed by atoms with van der Waals surface area (Å²) in [7, 11) is 1.44. The summed E-state index contributed by atoms with van der Waals surface area (Å²) < 4.78 is 5.12. The summed E-state index contributed by atoms with van der Waals surface area (Å²) in [5.74, 6) is -0.469. The first-order valence-electron chi connectivity index (χ1n) is 24.0. The van der Waals surface area contributed by atoms with Crippen molar-refractivity contribution in [1.82, 2.24) is 29.9 Å². The number of carbonyl (C=O) groups is 6. The molecule has 0 saturated heterocycles. The summed E-state index contributed by atoms with van der Waals surface area (Å²) in [6.45, 7) is 7.37. The van der Waals surface area contributed by atoms with Gasteiger partial charge in [-0.3, -0.25) is 44.7 Å². The lowest BCUT2D eigenvalue weighted by Crippen LogP contribution is -2.17. The van der Waals surface area contributed by atoms with Crippen LogP contribution in [0, 0.1) is 27.7 Å². The fourth-order valence-electron chi connectivity index (χ4n) is 7.04. The zero-order valence-corrected chi connectivity index (χ0v) is 42.9. The van der Waals surface area contributed by atoms with E-state index >= 15 is 0 Å². The Morgan fingerprint density at radius 3 is 0.923 bits per heavy atom. The summed E-state index contributed by atoms with van der Waals surface area (Å²) in [6.07, 6.45) is 0. The van der Waals surface area contributed by atoms with E-state index in [9.17, 15) is 28.8 Å². The van der Waals surface area contributed by atoms with Gasteiger partial charge in [-0.05, 0) is 100 Å². The van der Waals surface area contributed by atoms with Gasteiger partial charge in [-0.2, -0.15) is 19.9 Å². The number of nitrogens with one attached hydrogen (secondary N) is 6. The fourth-order valence-corrected chi connectivity index (χ4v) is 7.04. The molecule has 0 saturated carbocycles. The van der Waals surface area contributed by atoms with Gasteiger partial charge in [-0.25, -0.2) is 9.97 Å². The van der Waals surface area contributed by atoms with Gasteiger partial charge in [0.1, 0.15) is 17.5 Å². The number of anilines is 6. The van der Waals surface area contributed by atoms with Gasteiger partial charge in [-0.1, -0.05) is 108 Å². The van der Waals surface area contributed by atoms with Crippen LogP contribution >= 0.6 is 0 Å². The molecule has 0 fully saturated rings. The Labute approximate surface area is 449 Å². The summed E-state index contributed by atoms with van der Waals surface area (Å²) in [4.78, 5) is 98.8. The lowest BCUT2D eigenvalue weighted by atomic mass is 10.1. The normalized spacial score (nSPS) is 10.2. The second-order valence-corrected chi connectivity index (χ2v) is 17.0. The summed E-state index contributed by atoms with van der Waals surface area (Å²) in [5.41, 5.74) is 6.27. The molecule has 9 aromatic rings. The van der Waals surface area contributed by atoms with E-state index in [2.05, 4.69) is 61.8 Å². The molecule has 19 nitrogen and oxygen atoms in total. The van der Waals surface area contributed by atoms with Crippen LogP contribution in [-0.2, 0) is 0 Å². The van der Waals surface area contributed by atoms with Gasteiger partial charge in [0.15, 0.2) is 0 Å². The van der Waals surface area contributed by atoms with E-state index in [-0.39, 0.29) is 65.0 Å². The van der Waals surface area contributed by atoms with Crippen LogP contribution in [0.4, 0.5) is 35.3 Å². The number of benzene rings is 6. The van der Waals surface area contributed by atoms with Crippen LogP contribution in [0.2, 0.25) is 0 Å². The summed E-state index contributed by atoms with van der Waals surface area (Å²) >= 11 is 0. The number of ether oxygens (including phenoxy) is 1. The van der Waals surface area contributed by atoms with Gasteiger partial charge in [0, 0.05) is 63.0 Å². The van der Waals surface area contributed by atoms with Crippen molar-refractivity contribution in [2.45, 2.75) is 27.7 Å². The average molecular weight is 1040 g/mol. The minimum atomic E-state index is -0.362. The van der Waals surface area contributed by atoms with E-state index in [4.69, 9.17) is 4.74 Å². The van der Waals surface area contributed by atoms with E-state index in [0.29, 0.717) is 56.4 Å². The molecule has 3 heterocycles. The van der Waals surface area contributed by atoms with Crippen LogP contribution in [0.25, 0.3) is 0 Å². The monoisotopic (exact) mass is 1040 g/mol. The SMILES string of the molecule is COc1cc(NC(=O)c2ccccc2)nc(NC(=O)c2ccccc2)n1.Cc1cc(NC(=O)c2ccccc2)nc(NC(=O)c2ccccc2)n1.Cc1cccc(C(=O)Nc2cc(C)nc(NC(=O)c3cccc(C)c3)n2)c1. The highest BCUT2D eigenvalue weighted by atomic mass is 16.5. The number of nitrogens with zero attached hydrogens (tertiary/aromatic N) is 6. The number of carbonyl (C=O) groups excluding carboxylic acids is 6. The second kappa shape index (κ2) is 26.9. The highest BCUT2D eigenvalue weighted by Gasteiger charge is 2.16. The molecular formula is C59H52N12O7. The predicted molar refractivity (Wildman–Crippen MR) is 298 cm³/mol. The highest BCUT2D eigenvalue weighted by molar-refractivity contribution is 6.07. The third-order valence-electron chi connectivity index (χ3n) is 10.7. The Bertz CT molecular complexity index is 3350. The minimum Gasteiger partial charge on any atom is -0.481 e. The number of aryl methyl sites for hydroxylation is 4. The molecule has 19 heteroatoms. The predicted octanol–water partition coefficient (Wildman–Crippen LogP) is 10.2. The van der Waals surface area contributed by atoms with Gasteiger partial charge >= 0.3 is 0 Å². The average Bonchev–Trinajstić information content (AvgIpc) is 3.45. The number of methoxy groups -OCH3 is 1. The fraction of sp³-hybridized carbons (Fsp3) is 0.0847. The van der Waals surface area contributed by atoms with E-state index in [1.165, 1.54) is 13.2 Å². The standard InChI is InChI=1S/C21H20N4O2.C19H16N4O3.C19H16N4O2/c1-13-6-4-8-16(10-13)19(26)23-18-12-15(3)22-21(24-18)25-20(27)17-9-5-7-14(2)11-17;1-26-16-12-15(20-17(24)13-8-4-2-5-9-13)21-19(22-16)23-18(25)14-10-6-3-7-11-14;1-13-12-16(21-17(24)14-8-4-2-5-9-14)22-19(20-13)23-18(25)15-10-6-3-7-11-15/h4-12H,1-3H3,(H2,22,23,24,25,26,27);2-12H,1H3,(H2,20,21,22,23,24,25);2-12H,1H3,(H2,20,21,22,23,24,25). The topological polar surface area (TPSA) is 261 Å². The molecule has 0 aliphatic carbocycles. The number of rotatable bonds is 13. The second-order valence-electron chi connectivity index (χ2n) is 17.0. The first kappa shape index (κ1) is 54.9. The van der Waals surface area contributed by atoms with Crippen LogP contribution in [0.15, 0.2) is 188 Å². The third-order valence-corrected chi connectivity index (χ3v) is 10.7. The number of hydrogen-bond donors (Lipinski definition) is 6. The first-order valence-corrected chi connectivity index (χ1v) is 24.0. The smallest absolute Gasteiger partial charge is 0.258 e. The third kappa shape index (κ3) is 16.6. The van der Waals surface area contributed by atoms with Crippen molar-refractivity contribution in [3.8, 4) is 5.88 Å². The zero-order chi connectivity index (χ0) is 55.4. The van der Waals surface area contributed by atoms with Gasteiger partial charge in [0.05, 0.1) is 7.11 Å². The molecule has 0 aliphatic rings. The number of hydrogen-bond acceptors (Lipinski definition) is 13. The van der Waals surface area contributed by atoms with E-state index < -0.39 is 0 Å². The molecule has 6 N–H and O–H groups in total. The maximum Gasteiger partial charge on any atom is 0.258 e.